The molecule has 5 heteroatoms. The Morgan fingerprint density at radius 2 is 2.32 bits per heavy atom. The molecule has 0 aliphatic carbocycles. The molecule has 0 amide bonds. The molecule has 0 saturated carbocycles. The molecule has 0 fully saturated rings. The number of nitrogens with zero attached hydrogens (tertiary/aromatic N) is 1. The van der Waals surface area contributed by atoms with Crippen LogP contribution in [0.3, 0.4) is 0 Å². The van der Waals surface area contributed by atoms with Crippen LogP contribution in [0.15, 0.2) is 34.2 Å². The van der Waals surface area contributed by atoms with E-state index in [1.54, 1.807) is 11.3 Å². The van der Waals surface area contributed by atoms with Crippen molar-refractivity contribution >= 4 is 27.3 Å². The lowest BCUT2D eigenvalue weighted by Crippen LogP contribution is -2.13. The molecular weight excluding hydrogens is 324 g/mol. The number of hydrogen-bond acceptors (Lipinski definition) is 4. The van der Waals surface area contributed by atoms with Gasteiger partial charge in [-0.2, -0.15) is 0 Å². The van der Waals surface area contributed by atoms with Crippen molar-refractivity contribution in [3.63, 3.8) is 0 Å². The van der Waals surface area contributed by atoms with Crippen molar-refractivity contribution in [1.29, 1.82) is 0 Å². The van der Waals surface area contributed by atoms with Crippen LogP contribution in [-0.2, 0) is 13.1 Å². The molecule has 1 N–H and O–H groups in total. The summed E-state index contributed by atoms with van der Waals surface area (Å²) >= 11 is 5.10. The Kier molecular flexibility index (Phi) is 5.40. The van der Waals surface area contributed by atoms with Crippen LogP contribution in [0.25, 0.3) is 0 Å². The van der Waals surface area contributed by atoms with Crippen LogP contribution < -0.4 is 10.1 Å². The van der Waals surface area contributed by atoms with Crippen LogP contribution >= 0.6 is 27.3 Å². The number of nitrogens with one attached hydrogen (secondary N) is 1. The SMILES string of the molecule is C#CCOc1ccc(Br)cc1CNCc1nccs1. The van der Waals surface area contributed by atoms with Crippen molar-refractivity contribution < 1.29 is 4.74 Å². The fraction of sp³-hybridized carbons (Fsp3) is 0.214. The molecule has 0 aliphatic heterocycles. The van der Waals surface area contributed by atoms with E-state index in [9.17, 15) is 0 Å². The van der Waals surface area contributed by atoms with Crippen LogP contribution in [0.2, 0.25) is 0 Å². The van der Waals surface area contributed by atoms with E-state index >= 15 is 0 Å². The number of halogens is 1. The zero-order valence-electron chi connectivity index (χ0n) is 10.2. The van der Waals surface area contributed by atoms with Gasteiger partial charge in [-0.1, -0.05) is 21.9 Å². The minimum atomic E-state index is 0.279. The van der Waals surface area contributed by atoms with Gasteiger partial charge in [-0.05, 0) is 18.2 Å². The maximum absolute atomic E-state index is 5.52. The average Bonchev–Trinajstić information content (AvgIpc) is 2.91. The minimum absolute atomic E-state index is 0.279. The maximum Gasteiger partial charge on any atom is 0.148 e. The van der Waals surface area contributed by atoms with Gasteiger partial charge in [-0.3, -0.25) is 0 Å². The van der Waals surface area contributed by atoms with Crippen LogP contribution in [0.1, 0.15) is 10.6 Å². The molecule has 0 saturated heterocycles. The van der Waals surface area contributed by atoms with Gasteiger partial charge in [-0.25, -0.2) is 4.98 Å². The van der Waals surface area contributed by atoms with Gasteiger partial charge in [0.2, 0.25) is 0 Å². The lowest BCUT2D eigenvalue weighted by Gasteiger charge is -2.10. The molecule has 0 unspecified atom stereocenters. The molecule has 2 rings (SSSR count). The van der Waals surface area contributed by atoms with Crippen molar-refractivity contribution in [3.8, 4) is 18.1 Å². The van der Waals surface area contributed by atoms with E-state index in [-0.39, 0.29) is 6.61 Å². The van der Waals surface area contributed by atoms with Crippen LogP contribution in [-0.4, -0.2) is 11.6 Å². The Labute approximate surface area is 125 Å². The molecule has 1 heterocycles. The maximum atomic E-state index is 5.52. The Hall–Kier alpha value is -1.35. The van der Waals surface area contributed by atoms with Crippen LogP contribution in [0, 0.1) is 12.3 Å². The Morgan fingerprint density at radius 3 is 3.05 bits per heavy atom. The summed E-state index contributed by atoms with van der Waals surface area (Å²) in [5.74, 6) is 3.29. The van der Waals surface area contributed by atoms with Crippen molar-refractivity contribution in [2.24, 2.45) is 0 Å². The first-order valence-electron chi connectivity index (χ1n) is 5.73. The van der Waals surface area contributed by atoms with Gasteiger partial charge in [-0.15, -0.1) is 17.8 Å². The summed E-state index contributed by atoms with van der Waals surface area (Å²) in [5.41, 5.74) is 1.07. The monoisotopic (exact) mass is 336 g/mol. The van der Waals surface area contributed by atoms with Crippen molar-refractivity contribution in [1.82, 2.24) is 10.3 Å². The number of aromatic nitrogens is 1. The van der Waals surface area contributed by atoms with Crippen molar-refractivity contribution in [2.75, 3.05) is 6.61 Å². The first kappa shape index (κ1) is 14.1. The second kappa shape index (κ2) is 7.29. The lowest BCUT2D eigenvalue weighted by molar-refractivity contribution is 0.364. The number of rotatable bonds is 6. The quantitative estimate of drug-likeness (QED) is 0.822. The van der Waals surface area contributed by atoms with Crippen molar-refractivity contribution in [3.05, 3.63) is 44.8 Å². The third-order valence-corrected chi connectivity index (χ3v) is 3.68. The Balaban J connectivity index is 1.97. The summed E-state index contributed by atoms with van der Waals surface area (Å²) in [7, 11) is 0. The van der Waals surface area contributed by atoms with Gasteiger partial charge in [0.05, 0.1) is 0 Å². The molecular formula is C14H13BrN2OS. The number of terminal acetylenes is 1. The largest absolute Gasteiger partial charge is 0.481 e. The van der Waals surface area contributed by atoms with Crippen LogP contribution in [0.4, 0.5) is 0 Å². The van der Waals surface area contributed by atoms with E-state index in [1.165, 1.54) is 0 Å². The highest BCUT2D eigenvalue weighted by Gasteiger charge is 2.05. The number of ether oxygens (including phenoxy) is 1. The third-order valence-electron chi connectivity index (χ3n) is 2.41. The van der Waals surface area contributed by atoms with E-state index in [1.807, 2.05) is 29.8 Å². The predicted molar refractivity (Wildman–Crippen MR) is 81.1 cm³/mol. The fourth-order valence-electron chi connectivity index (χ4n) is 1.59. The molecule has 0 radical (unpaired) electrons. The zero-order chi connectivity index (χ0) is 13.5. The summed E-state index contributed by atoms with van der Waals surface area (Å²) in [6.45, 7) is 1.73. The van der Waals surface area contributed by atoms with E-state index in [0.717, 1.165) is 27.3 Å². The fourth-order valence-corrected chi connectivity index (χ4v) is 2.59. The second-order valence-corrected chi connectivity index (χ2v) is 5.67. The lowest BCUT2D eigenvalue weighted by atomic mass is 10.2. The predicted octanol–water partition coefficient (Wildman–Crippen LogP) is 3.21. The minimum Gasteiger partial charge on any atom is -0.481 e. The molecule has 3 nitrogen and oxygen atoms in total. The average molecular weight is 337 g/mol. The van der Waals surface area contributed by atoms with Gasteiger partial charge in [0, 0.05) is 34.7 Å². The standard InChI is InChI=1S/C14H13BrN2OS/c1-2-6-18-13-4-3-12(15)8-11(13)9-16-10-14-17-5-7-19-14/h1,3-5,7-8,16H,6,9-10H2. The first-order valence-corrected chi connectivity index (χ1v) is 7.40. The van der Waals surface area contributed by atoms with Crippen molar-refractivity contribution in [2.45, 2.75) is 13.1 Å². The number of benzene rings is 1. The second-order valence-electron chi connectivity index (χ2n) is 3.77. The van der Waals surface area contributed by atoms with Gasteiger partial charge in [0.25, 0.3) is 0 Å². The number of thiazole rings is 1. The van der Waals surface area contributed by atoms with Gasteiger partial charge in [0.15, 0.2) is 0 Å². The summed E-state index contributed by atoms with van der Waals surface area (Å²) in [6.07, 6.45) is 7.02. The zero-order valence-corrected chi connectivity index (χ0v) is 12.6. The van der Waals surface area contributed by atoms with E-state index in [0.29, 0.717) is 6.54 Å². The Bertz CT molecular complexity index is 563. The molecule has 2 aromatic rings. The summed E-state index contributed by atoms with van der Waals surface area (Å²) in [6, 6.07) is 5.89. The molecule has 98 valence electrons. The topological polar surface area (TPSA) is 34.1 Å². The van der Waals surface area contributed by atoms with E-state index < -0.39 is 0 Å². The summed E-state index contributed by atoms with van der Waals surface area (Å²) < 4.78 is 6.54. The molecule has 0 aliphatic rings. The molecule has 0 spiro atoms. The normalized spacial score (nSPS) is 10.1. The molecule has 1 aromatic heterocycles. The third kappa shape index (κ3) is 4.35. The summed E-state index contributed by atoms with van der Waals surface area (Å²) in [4.78, 5) is 4.23. The van der Waals surface area contributed by atoms with Gasteiger partial charge < -0.3 is 10.1 Å². The highest BCUT2D eigenvalue weighted by molar-refractivity contribution is 9.10. The van der Waals surface area contributed by atoms with E-state index in [4.69, 9.17) is 11.2 Å². The summed E-state index contributed by atoms with van der Waals surface area (Å²) in [5, 5.41) is 6.38. The van der Waals surface area contributed by atoms with Crippen LogP contribution in [0.5, 0.6) is 5.75 Å². The number of hydrogen-bond donors (Lipinski definition) is 1. The molecule has 1 aromatic carbocycles. The molecule has 0 atom stereocenters. The van der Waals surface area contributed by atoms with Gasteiger partial charge >= 0.3 is 0 Å². The highest BCUT2D eigenvalue weighted by Crippen LogP contribution is 2.23. The molecule has 19 heavy (non-hydrogen) atoms. The van der Waals surface area contributed by atoms with E-state index in [2.05, 4.69) is 32.2 Å². The first-order chi connectivity index (χ1) is 9.29. The smallest absolute Gasteiger partial charge is 0.148 e. The highest BCUT2D eigenvalue weighted by atomic mass is 79.9. The molecule has 0 bridgehead atoms. The van der Waals surface area contributed by atoms with Gasteiger partial charge in [0.1, 0.15) is 17.4 Å². The Morgan fingerprint density at radius 1 is 1.42 bits per heavy atom.